The van der Waals surface area contributed by atoms with Crippen LogP contribution in [0.25, 0.3) is 0 Å². The number of pyridine rings is 3. The highest BCUT2D eigenvalue weighted by Crippen LogP contribution is 2.54. The lowest BCUT2D eigenvalue weighted by Gasteiger charge is -2.50. The highest BCUT2D eigenvalue weighted by molar-refractivity contribution is 7.11. The van der Waals surface area contributed by atoms with Crippen LogP contribution in [0.2, 0.25) is 0 Å². The molecule has 0 aliphatic carbocycles. The minimum absolute atomic E-state index is 0.383. The largest absolute Gasteiger partial charge is 0.493 e. The second-order valence-electron chi connectivity index (χ2n) is 10.6. The summed E-state index contributed by atoms with van der Waals surface area (Å²) in [4.78, 5) is 48.7. The SMILES string of the molecule is C=NC(=N/C=C\C)N1B2N(B3N(B4N2c2cccnc2N4c2ncccn2)c2cccnc2N3c2ncccn2)c2cccnc21. The van der Waals surface area contributed by atoms with E-state index in [2.05, 4.69) is 31.9 Å². The van der Waals surface area contributed by atoms with Gasteiger partial charge in [0.15, 0.2) is 0 Å². The average Bonchev–Trinajstić information content (AvgIpc) is 3.76. The first-order valence-corrected chi connectivity index (χ1v) is 14.6. The monoisotopic (exact) mass is 601 g/mol. The molecule has 5 aromatic rings. The fourth-order valence-electron chi connectivity index (χ4n) is 6.65. The van der Waals surface area contributed by atoms with Gasteiger partial charge in [-0.2, -0.15) is 0 Å². The molecule has 4 aliphatic rings. The van der Waals surface area contributed by atoms with E-state index in [0.29, 0.717) is 35.3 Å². The van der Waals surface area contributed by atoms with Crippen molar-refractivity contribution >= 4 is 80.4 Å². The molecule has 0 aromatic carbocycles. The minimum atomic E-state index is -0.553. The molecule has 18 heteroatoms. The molecule has 1 fully saturated rings. The van der Waals surface area contributed by atoms with Crippen LogP contribution in [0.15, 0.2) is 114 Å². The average molecular weight is 601 g/mol. The molecular formula is C28H22B3N15. The van der Waals surface area contributed by atoms with Crippen molar-refractivity contribution in [1.29, 1.82) is 0 Å². The van der Waals surface area contributed by atoms with Gasteiger partial charge in [-0.1, -0.05) is 6.08 Å². The Kier molecular flexibility index (Phi) is 5.75. The number of guanidine groups is 1. The van der Waals surface area contributed by atoms with E-state index in [9.17, 15) is 0 Å². The molecular weight excluding hydrogens is 579 g/mol. The summed E-state index contributed by atoms with van der Waals surface area (Å²) in [5.74, 6) is 3.43. The van der Waals surface area contributed by atoms with Crippen LogP contribution in [0.4, 0.5) is 46.4 Å². The molecule has 4 aliphatic heterocycles. The summed E-state index contributed by atoms with van der Waals surface area (Å²) >= 11 is 0. The van der Waals surface area contributed by atoms with E-state index in [1.807, 2.05) is 57.8 Å². The molecule has 0 saturated carbocycles. The van der Waals surface area contributed by atoms with Crippen molar-refractivity contribution in [2.45, 2.75) is 6.92 Å². The molecule has 9 heterocycles. The van der Waals surface area contributed by atoms with Gasteiger partial charge in [-0.05, 0) is 62.2 Å². The minimum Gasteiger partial charge on any atom is -0.380 e. The highest BCUT2D eigenvalue weighted by atomic mass is 15.6. The van der Waals surface area contributed by atoms with E-state index < -0.39 is 21.4 Å². The van der Waals surface area contributed by atoms with E-state index >= 15 is 0 Å². The van der Waals surface area contributed by atoms with Crippen molar-refractivity contribution in [2.24, 2.45) is 9.98 Å². The maximum Gasteiger partial charge on any atom is 0.493 e. The molecule has 15 nitrogen and oxygen atoms in total. The Labute approximate surface area is 264 Å². The quantitative estimate of drug-likeness (QED) is 0.171. The first kappa shape index (κ1) is 26.1. The number of allylic oxidation sites excluding steroid dienone is 1. The van der Waals surface area contributed by atoms with Gasteiger partial charge in [0.25, 0.3) is 0 Å². The summed E-state index contributed by atoms with van der Waals surface area (Å²) < 4.78 is 6.80. The highest BCUT2D eigenvalue weighted by Gasteiger charge is 2.71. The zero-order chi connectivity index (χ0) is 30.8. The molecule has 0 spiro atoms. The fraction of sp³-hybridized carbons (Fsp3) is 0.0357. The second kappa shape index (κ2) is 10.1. The van der Waals surface area contributed by atoms with Crippen LogP contribution in [0.3, 0.4) is 0 Å². The fourth-order valence-corrected chi connectivity index (χ4v) is 6.65. The van der Waals surface area contributed by atoms with Crippen molar-refractivity contribution < 1.29 is 0 Å². The molecule has 0 N–H and O–H groups in total. The summed E-state index contributed by atoms with van der Waals surface area (Å²) in [6.45, 7) is 5.81. The van der Waals surface area contributed by atoms with E-state index in [4.69, 9.17) is 39.9 Å². The van der Waals surface area contributed by atoms with Gasteiger partial charge in [-0.3, -0.25) is 14.4 Å². The molecule has 1 saturated heterocycles. The van der Waals surface area contributed by atoms with Crippen molar-refractivity contribution in [3.8, 4) is 0 Å². The zero-order valence-electron chi connectivity index (χ0n) is 24.5. The third-order valence-electron chi connectivity index (χ3n) is 8.23. The zero-order valence-corrected chi connectivity index (χ0v) is 24.5. The Hall–Kier alpha value is -6.32. The molecule has 46 heavy (non-hydrogen) atoms. The predicted molar refractivity (Wildman–Crippen MR) is 180 cm³/mol. The number of nitrogens with zero attached hydrogens (tertiary/aromatic N) is 15. The molecule has 0 atom stereocenters. The maximum atomic E-state index is 4.89. The Morgan fingerprint density at radius 1 is 0.609 bits per heavy atom. The normalized spacial score (nSPS) is 16.1. The Morgan fingerprint density at radius 3 is 1.52 bits per heavy atom. The van der Waals surface area contributed by atoms with Crippen LogP contribution in [0.1, 0.15) is 6.92 Å². The van der Waals surface area contributed by atoms with Gasteiger partial charge >= 0.3 is 21.4 Å². The van der Waals surface area contributed by atoms with E-state index in [1.54, 1.807) is 61.7 Å². The lowest BCUT2D eigenvalue weighted by atomic mass is 9.56. The van der Waals surface area contributed by atoms with Gasteiger partial charge < -0.3 is 14.2 Å². The molecule has 218 valence electrons. The summed E-state index contributed by atoms with van der Waals surface area (Å²) in [6, 6.07) is 15.5. The van der Waals surface area contributed by atoms with Crippen molar-refractivity contribution in [3.05, 3.63) is 104 Å². The van der Waals surface area contributed by atoms with E-state index in [1.165, 1.54) is 0 Å². The Bertz CT molecular complexity index is 1980. The molecule has 0 unspecified atom stereocenters. The van der Waals surface area contributed by atoms with Gasteiger partial charge in [0, 0.05) is 49.6 Å². The first-order valence-electron chi connectivity index (χ1n) is 14.6. The number of hydrogen-bond donors (Lipinski definition) is 0. The van der Waals surface area contributed by atoms with Crippen LogP contribution < -0.4 is 28.6 Å². The van der Waals surface area contributed by atoms with Gasteiger partial charge in [-0.25, -0.2) is 44.9 Å². The number of aromatic nitrogens is 7. The molecule has 0 amide bonds. The molecule has 0 radical (unpaired) electrons. The van der Waals surface area contributed by atoms with Gasteiger partial charge in [0.05, 0.1) is 17.1 Å². The predicted octanol–water partition coefficient (Wildman–Crippen LogP) is 2.95. The number of hydrogen-bond acceptors (Lipinski definition) is 13. The standard InChI is InChI=1S/C28H22B3N15/c1-3-12-36-26(32-2)41-23-20(9-4-13-33-23)44-29(41)45-21-10-5-14-34-24(21)42(27-37-16-7-17-38-27)31(45)46-22-11-6-15-35-25(22)43(30(44)46)28-39-18-8-19-40-28/h3-19H,2H2,1H3/b12-3-,36-26?. The molecule has 5 aromatic heterocycles. The van der Waals surface area contributed by atoms with Gasteiger partial charge in [0.1, 0.15) is 17.5 Å². The van der Waals surface area contributed by atoms with Gasteiger partial charge in [0.2, 0.25) is 17.9 Å². The van der Waals surface area contributed by atoms with Crippen molar-refractivity contribution in [2.75, 3.05) is 28.6 Å². The Morgan fingerprint density at radius 2 is 1.04 bits per heavy atom. The van der Waals surface area contributed by atoms with Crippen LogP contribution in [-0.4, -0.2) is 68.9 Å². The topological polar surface area (TPSA) is 134 Å². The smallest absolute Gasteiger partial charge is 0.380 e. The summed E-state index contributed by atoms with van der Waals surface area (Å²) in [5, 5.41) is 0. The van der Waals surface area contributed by atoms with Crippen molar-refractivity contribution in [3.63, 3.8) is 0 Å². The lowest BCUT2D eigenvalue weighted by Crippen LogP contribution is -2.84. The van der Waals surface area contributed by atoms with Crippen LogP contribution in [0.5, 0.6) is 0 Å². The van der Waals surface area contributed by atoms with E-state index in [0.717, 1.165) is 17.1 Å². The Balaban J connectivity index is 1.37. The lowest BCUT2D eigenvalue weighted by molar-refractivity contribution is 1.08. The van der Waals surface area contributed by atoms with Crippen molar-refractivity contribution in [1.82, 2.24) is 34.9 Å². The summed E-state index contributed by atoms with van der Waals surface area (Å²) in [5.41, 5.74) is 2.59. The summed E-state index contributed by atoms with van der Waals surface area (Å²) in [7, 11) is -1.61. The number of fused-ring (bicyclic) bond motifs is 12. The third kappa shape index (κ3) is 3.48. The van der Waals surface area contributed by atoms with E-state index in [-0.39, 0.29) is 0 Å². The number of anilines is 8. The summed E-state index contributed by atoms with van der Waals surface area (Å²) in [6.07, 6.45) is 15.8. The molecule has 0 bridgehead atoms. The molecule has 9 rings (SSSR count). The number of aliphatic imine (C=N–C) groups is 2. The van der Waals surface area contributed by atoms with Crippen LogP contribution in [0, 0.1) is 0 Å². The van der Waals surface area contributed by atoms with Crippen LogP contribution >= 0.6 is 0 Å². The maximum absolute atomic E-state index is 4.89. The first-order chi connectivity index (χ1) is 22.8. The third-order valence-corrected chi connectivity index (χ3v) is 8.23. The number of rotatable bonds is 3. The second-order valence-corrected chi connectivity index (χ2v) is 10.6. The van der Waals surface area contributed by atoms with Gasteiger partial charge in [-0.15, -0.1) is 0 Å². The van der Waals surface area contributed by atoms with Crippen LogP contribution in [-0.2, 0) is 0 Å².